The molecule has 0 fully saturated rings. The maximum Gasteiger partial charge on any atom is 0.159 e. The number of carbonyl (C=O) groups excluding carboxylic acids is 1. The molecule has 0 saturated carbocycles. The van der Waals surface area contributed by atoms with Crippen LogP contribution in [0.25, 0.3) is 11.4 Å². The van der Waals surface area contributed by atoms with Gasteiger partial charge in [-0.3, -0.25) is 4.79 Å². The average molecular weight is 186 g/mol. The number of rotatable bonds is 2. The van der Waals surface area contributed by atoms with Gasteiger partial charge in [-0.1, -0.05) is 24.3 Å². The summed E-state index contributed by atoms with van der Waals surface area (Å²) in [4.78, 5) is 18.1. The van der Waals surface area contributed by atoms with Crippen molar-refractivity contribution in [3.05, 3.63) is 42.2 Å². The molecule has 3 nitrogen and oxygen atoms in total. The van der Waals surface area contributed by atoms with Crippen molar-refractivity contribution in [1.82, 2.24) is 9.97 Å². The van der Waals surface area contributed by atoms with E-state index in [2.05, 4.69) is 9.97 Å². The van der Waals surface area contributed by atoms with Gasteiger partial charge < -0.3 is 4.98 Å². The summed E-state index contributed by atoms with van der Waals surface area (Å²) in [7, 11) is 0. The van der Waals surface area contributed by atoms with Crippen molar-refractivity contribution >= 4 is 5.78 Å². The normalized spacial score (nSPS) is 10.1. The molecule has 2 rings (SSSR count). The third-order valence-electron chi connectivity index (χ3n) is 2.06. The predicted octanol–water partition coefficient (Wildman–Crippen LogP) is 2.28. The minimum absolute atomic E-state index is 0.0796. The van der Waals surface area contributed by atoms with Crippen LogP contribution < -0.4 is 0 Å². The Morgan fingerprint density at radius 1 is 1.29 bits per heavy atom. The lowest BCUT2D eigenvalue weighted by atomic mass is 10.1. The van der Waals surface area contributed by atoms with E-state index in [1.165, 1.54) is 0 Å². The van der Waals surface area contributed by atoms with Gasteiger partial charge in [0.15, 0.2) is 5.78 Å². The summed E-state index contributed by atoms with van der Waals surface area (Å²) in [6, 6.07) is 7.38. The van der Waals surface area contributed by atoms with Crippen LogP contribution in [0.4, 0.5) is 0 Å². The molecule has 0 aliphatic rings. The average Bonchev–Trinajstić information content (AvgIpc) is 2.71. The Hall–Kier alpha value is -1.90. The monoisotopic (exact) mass is 186 g/mol. The molecule has 1 aromatic carbocycles. The summed E-state index contributed by atoms with van der Waals surface area (Å²) in [5, 5.41) is 0. The third-order valence-corrected chi connectivity index (χ3v) is 2.06. The Balaban J connectivity index is 2.36. The fraction of sp³-hybridized carbons (Fsp3) is 0.0909. The molecular weight excluding hydrogens is 176 g/mol. The number of H-pyrrole nitrogens is 1. The Kier molecular flexibility index (Phi) is 2.14. The molecule has 0 amide bonds. The third kappa shape index (κ3) is 1.57. The molecule has 1 aromatic heterocycles. The molecule has 1 N–H and O–H groups in total. The summed E-state index contributed by atoms with van der Waals surface area (Å²) in [6.45, 7) is 1.56. The SMILES string of the molecule is CC(=O)c1ccc(-c2ncc[nH]2)cc1. The number of benzene rings is 1. The van der Waals surface area contributed by atoms with Gasteiger partial charge in [0.2, 0.25) is 0 Å². The molecule has 0 atom stereocenters. The van der Waals surface area contributed by atoms with Crippen molar-refractivity contribution in [3.8, 4) is 11.4 Å². The number of nitrogens with zero attached hydrogens (tertiary/aromatic N) is 1. The maximum absolute atomic E-state index is 11.0. The topological polar surface area (TPSA) is 45.8 Å². The zero-order chi connectivity index (χ0) is 9.97. The van der Waals surface area contributed by atoms with Crippen LogP contribution in [-0.2, 0) is 0 Å². The molecule has 0 spiro atoms. The molecule has 0 aliphatic heterocycles. The lowest BCUT2D eigenvalue weighted by Gasteiger charge is -1.98. The second kappa shape index (κ2) is 3.46. The highest BCUT2D eigenvalue weighted by molar-refractivity contribution is 5.94. The van der Waals surface area contributed by atoms with E-state index in [1.54, 1.807) is 31.5 Å². The quantitative estimate of drug-likeness (QED) is 0.731. The van der Waals surface area contributed by atoms with Gasteiger partial charge in [0.25, 0.3) is 0 Å². The zero-order valence-electron chi connectivity index (χ0n) is 7.82. The number of aromatic amines is 1. The first-order valence-corrected chi connectivity index (χ1v) is 4.38. The second-order valence-corrected chi connectivity index (χ2v) is 3.07. The molecular formula is C11H10N2O. The number of aromatic nitrogens is 2. The standard InChI is InChI=1S/C11H10N2O/c1-8(14)9-2-4-10(5-3-9)11-12-6-7-13-11/h2-7H,1H3,(H,12,13). The molecule has 1 heterocycles. The predicted molar refractivity (Wildman–Crippen MR) is 54.0 cm³/mol. The van der Waals surface area contributed by atoms with Crippen molar-refractivity contribution in [1.29, 1.82) is 0 Å². The van der Waals surface area contributed by atoms with E-state index in [9.17, 15) is 4.79 Å². The summed E-state index contributed by atoms with van der Waals surface area (Å²) in [6.07, 6.45) is 3.47. The fourth-order valence-corrected chi connectivity index (χ4v) is 1.29. The van der Waals surface area contributed by atoms with E-state index < -0.39 is 0 Å². The molecule has 0 bridgehead atoms. The van der Waals surface area contributed by atoms with Gasteiger partial charge >= 0.3 is 0 Å². The van der Waals surface area contributed by atoms with Crippen molar-refractivity contribution in [2.24, 2.45) is 0 Å². The van der Waals surface area contributed by atoms with Gasteiger partial charge in [-0.15, -0.1) is 0 Å². The van der Waals surface area contributed by atoms with Gasteiger partial charge in [-0.05, 0) is 6.92 Å². The van der Waals surface area contributed by atoms with Crippen LogP contribution in [-0.4, -0.2) is 15.8 Å². The Morgan fingerprint density at radius 3 is 2.50 bits per heavy atom. The van der Waals surface area contributed by atoms with Crippen LogP contribution >= 0.6 is 0 Å². The smallest absolute Gasteiger partial charge is 0.159 e. The Bertz CT molecular complexity index is 429. The minimum Gasteiger partial charge on any atom is -0.345 e. The number of Topliss-reactive ketones (excluding diaryl/α,β-unsaturated/α-hetero) is 1. The number of carbonyl (C=O) groups is 1. The lowest BCUT2D eigenvalue weighted by Crippen LogP contribution is -1.91. The first-order chi connectivity index (χ1) is 6.77. The van der Waals surface area contributed by atoms with E-state index in [4.69, 9.17) is 0 Å². The highest BCUT2D eigenvalue weighted by Crippen LogP contribution is 2.14. The molecule has 70 valence electrons. The minimum atomic E-state index is 0.0796. The molecule has 14 heavy (non-hydrogen) atoms. The second-order valence-electron chi connectivity index (χ2n) is 3.07. The van der Waals surface area contributed by atoms with Crippen LogP contribution in [0.2, 0.25) is 0 Å². The number of nitrogens with one attached hydrogen (secondary N) is 1. The first kappa shape index (κ1) is 8.69. The van der Waals surface area contributed by atoms with Crippen LogP contribution in [0.3, 0.4) is 0 Å². The highest BCUT2D eigenvalue weighted by Gasteiger charge is 2.01. The summed E-state index contributed by atoms with van der Waals surface area (Å²) in [5.41, 5.74) is 1.71. The van der Waals surface area contributed by atoms with E-state index in [-0.39, 0.29) is 5.78 Å². The van der Waals surface area contributed by atoms with Crippen LogP contribution in [0.15, 0.2) is 36.7 Å². The lowest BCUT2D eigenvalue weighted by molar-refractivity contribution is 0.101. The number of ketones is 1. The first-order valence-electron chi connectivity index (χ1n) is 4.38. The van der Waals surface area contributed by atoms with Crippen molar-refractivity contribution < 1.29 is 4.79 Å². The molecule has 3 heteroatoms. The summed E-state index contributed by atoms with van der Waals surface area (Å²) in [5.74, 6) is 0.899. The van der Waals surface area contributed by atoms with E-state index in [0.29, 0.717) is 0 Å². The van der Waals surface area contributed by atoms with Gasteiger partial charge in [-0.2, -0.15) is 0 Å². The summed E-state index contributed by atoms with van der Waals surface area (Å²) >= 11 is 0. The largest absolute Gasteiger partial charge is 0.345 e. The van der Waals surface area contributed by atoms with E-state index in [1.807, 2.05) is 12.1 Å². The molecule has 0 unspecified atom stereocenters. The molecule has 0 aliphatic carbocycles. The maximum atomic E-state index is 11.0. The number of hydrogen-bond donors (Lipinski definition) is 1. The summed E-state index contributed by atoms with van der Waals surface area (Å²) < 4.78 is 0. The molecule has 2 aromatic rings. The fourth-order valence-electron chi connectivity index (χ4n) is 1.29. The van der Waals surface area contributed by atoms with E-state index >= 15 is 0 Å². The van der Waals surface area contributed by atoms with Crippen molar-refractivity contribution in [3.63, 3.8) is 0 Å². The molecule has 0 radical (unpaired) electrons. The van der Waals surface area contributed by atoms with Gasteiger partial charge in [0.05, 0.1) is 0 Å². The van der Waals surface area contributed by atoms with Crippen LogP contribution in [0, 0.1) is 0 Å². The van der Waals surface area contributed by atoms with Crippen LogP contribution in [0.1, 0.15) is 17.3 Å². The Labute approximate surface area is 81.8 Å². The number of imidazole rings is 1. The van der Waals surface area contributed by atoms with Gasteiger partial charge in [-0.25, -0.2) is 4.98 Å². The Morgan fingerprint density at radius 2 is 2.00 bits per heavy atom. The van der Waals surface area contributed by atoms with Crippen LogP contribution in [0.5, 0.6) is 0 Å². The zero-order valence-corrected chi connectivity index (χ0v) is 7.82. The van der Waals surface area contributed by atoms with E-state index in [0.717, 1.165) is 17.0 Å². The van der Waals surface area contributed by atoms with Gasteiger partial charge in [0, 0.05) is 23.5 Å². The highest BCUT2D eigenvalue weighted by atomic mass is 16.1. The number of hydrogen-bond acceptors (Lipinski definition) is 2. The van der Waals surface area contributed by atoms with Gasteiger partial charge in [0.1, 0.15) is 5.82 Å². The van der Waals surface area contributed by atoms with Crippen molar-refractivity contribution in [2.75, 3.05) is 0 Å². The molecule has 0 saturated heterocycles. The van der Waals surface area contributed by atoms with Crippen molar-refractivity contribution in [2.45, 2.75) is 6.92 Å².